The van der Waals surface area contributed by atoms with Gasteiger partial charge in [-0.1, -0.05) is 39.0 Å². The molecule has 1 aromatic carbocycles. The van der Waals surface area contributed by atoms with E-state index in [-0.39, 0.29) is 5.41 Å². The third-order valence-corrected chi connectivity index (χ3v) is 5.24. The average Bonchev–Trinajstić information content (AvgIpc) is 3.27. The van der Waals surface area contributed by atoms with Crippen LogP contribution in [0.4, 0.5) is 5.82 Å². The second-order valence-electron chi connectivity index (χ2n) is 8.24. The minimum absolute atomic E-state index is 0.104. The van der Waals surface area contributed by atoms with E-state index in [9.17, 15) is 0 Å². The van der Waals surface area contributed by atoms with Crippen molar-refractivity contribution in [2.75, 3.05) is 18.6 Å². The van der Waals surface area contributed by atoms with Crippen LogP contribution in [0.15, 0.2) is 36.4 Å². The number of hydrogen-bond acceptors (Lipinski definition) is 5. The molecule has 0 saturated carbocycles. The lowest BCUT2D eigenvalue weighted by Crippen LogP contribution is -2.32. The van der Waals surface area contributed by atoms with Crippen LogP contribution in [0.3, 0.4) is 0 Å². The number of aromatic nitrogens is 4. The number of nitrogens with zero attached hydrogens (tertiary/aromatic N) is 5. The summed E-state index contributed by atoms with van der Waals surface area (Å²) in [6, 6.07) is 12.8. The highest BCUT2D eigenvalue weighted by Crippen LogP contribution is 2.30. The summed E-state index contributed by atoms with van der Waals surface area (Å²) in [7, 11) is 1.74. The highest BCUT2D eigenvalue weighted by atomic mass is 16.5. The number of rotatable bonds is 4. The maximum absolute atomic E-state index is 5.54. The third-order valence-electron chi connectivity index (χ3n) is 5.24. The Hall–Kier alpha value is -2.63. The van der Waals surface area contributed by atoms with E-state index in [0.29, 0.717) is 6.04 Å². The normalized spacial score (nSPS) is 17.6. The van der Waals surface area contributed by atoms with Crippen molar-refractivity contribution < 1.29 is 4.74 Å². The highest BCUT2D eigenvalue weighted by molar-refractivity contribution is 5.48. The van der Waals surface area contributed by atoms with E-state index in [1.165, 1.54) is 12.0 Å². The molecule has 6 heteroatoms. The molecule has 0 aliphatic carbocycles. The van der Waals surface area contributed by atoms with E-state index in [1.54, 1.807) is 7.11 Å². The lowest BCUT2D eigenvalue weighted by Gasteiger charge is -2.26. The molecular formula is C21H27N5O. The fourth-order valence-electron chi connectivity index (χ4n) is 3.88. The first-order valence-electron chi connectivity index (χ1n) is 9.59. The number of para-hydroxylation sites is 1. The Bertz CT molecular complexity index is 943. The van der Waals surface area contributed by atoms with Gasteiger partial charge in [0.2, 0.25) is 0 Å². The molecule has 0 spiro atoms. The van der Waals surface area contributed by atoms with Crippen molar-refractivity contribution in [1.82, 2.24) is 19.8 Å². The van der Waals surface area contributed by atoms with Crippen molar-refractivity contribution in [1.29, 1.82) is 0 Å². The first kappa shape index (κ1) is 17.8. The quantitative estimate of drug-likeness (QED) is 0.706. The van der Waals surface area contributed by atoms with Gasteiger partial charge in [0.25, 0.3) is 0 Å². The predicted octanol–water partition coefficient (Wildman–Crippen LogP) is 3.64. The maximum atomic E-state index is 5.54. The lowest BCUT2D eigenvalue weighted by molar-refractivity contribution is 0.407. The van der Waals surface area contributed by atoms with Crippen LogP contribution in [0.25, 0.3) is 5.65 Å². The van der Waals surface area contributed by atoms with Crippen LogP contribution in [0, 0.1) is 0 Å². The molecular weight excluding hydrogens is 338 g/mol. The maximum Gasteiger partial charge on any atom is 0.178 e. The van der Waals surface area contributed by atoms with Gasteiger partial charge >= 0.3 is 0 Å². The first-order chi connectivity index (χ1) is 13.0. The SMILES string of the molecule is COc1ccccc1CC1CCCN1c1ccc2nnc(C(C)(C)C)n2n1. The number of methoxy groups -OCH3 is 1. The summed E-state index contributed by atoms with van der Waals surface area (Å²) in [4.78, 5) is 2.42. The van der Waals surface area contributed by atoms with Crippen LogP contribution in [0.2, 0.25) is 0 Å². The second-order valence-corrected chi connectivity index (χ2v) is 8.24. The van der Waals surface area contributed by atoms with Crippen LogP contribution in [-0.2, 0) is 11.8 Å². The van der Waals surface area contributed by atoms with Gasteiger partial charge in [0, 0.05) is 18.0 Å². The van der Waals surface area contributed by atoms with E-state index in [2.05, 4.69) is 54.1 Å². The monoisotopic (exact) mass is 365 g/mol. The van der Waals surface area contributed by atoms with E-state index in [1.807, 2.05) is 22.7 Å². The van der Waals surface area contributed by atoms with Gasteiger partial charge in [-0.15, -0.1) is 15.3 Å². The molecule has 6 nitrogen and oxygen atoms in total. The molecule has 1 saturated heterocycles. The molecule has 2 aromatic heterocycles. The summed E-state index contributed by atoms with van der Waals surface area (Å²) in [6.07, 6.45) is 3.29. The van der Waals surface area contributed by atoms with Crippen LogP contribution in [-0.4, -0.2) is 39.5 Å². The summed E-state index contributed by atoms with van der Waals surface area (Å²) in [5.41, 5.74) is 1.94. The Morgan fingerprint density at radius 1 is 1.11 bits per heavy atom. The van der Waals surface area contributed by atoms with Gasteiger partial charge in [0.05, 0.1) is 7.11 Å². The smallest absolute Gasteiger partial charge is 0.178 e. The number of hydrogen-bond donors (Lipinski definition) is 0. The summed E-state index contributed by atoms with van der Waals surface area (Å²) in [5, 5.41) is 13.5. The fraction of sp³-hybridized carbons (Fsp3) is 0.476. The predicted molar refractivity (Wildman–Crippen MR) is 107 cm³/mol. The van der Waals surface area contributed by atoms with Gasteiger partial charge in [-0.25, -0.2) is 0 Å². The van der Waals surface area contributed by atoms with E-state index < -0.39 is 0 Å². The van der Waals surface area contributed by atoms with Gasteiger partial charge in [-0.05, 0) is 43.0 Å². The largest absolute Gasteiger partial charge is 0.496 e. The second kappa shape index (κ2) is 6.83. The van der Waals surface area contributed by atoms with E-state index >= 15 is 0 Å². The van der Waals surface area contributed by atoms with Gasteiger partial charge < -0.3 is 9.64 Å². The van der Waals surface area contributed by atoms with Gasteiger partial charge in [-0.2, -0.15) is 4.52 Å². The molecule has 4 rings (SSSR count). The Morgan fingerprint density at radius 3 is 2.70 bits per heavy atom. The zero-order valence-corrected chi connectivity index (χ0v) is 16.5. The molecule has 1 aliphatic heterocycles. The summed E-state index contributed by atoms with van der Waals surface area (Å²) in [6.45, 7) is 7.43. The molecule has 3 heterocycles. The van der Waals surface area contributed by atoms with Crippen LogP contribution in [0.5, 0.6) is 5.75 Å². The van der Waals surface area contributed by atoms with Gasteiger partial charge in [-0.3, -0.25) is 0 Å². The fourth-order valence-corrected chi connectivity index (χ4v) is 3.88. The molecule has 142 valence electrons. The zero-order chi connectivity index (χ0) is 19.0. The Balaban J connectivity index is 1.65. The van der Waals surface area contributed by atoms with Crippen LogP contribution < -0.4 is 9.64 Å². The van der Waals surface area contributed by atoms with Gasteiger partial charge in [0.1, 0.15) is 11.6 Å². The molecule has 1 atom stereocenters. The molecule has 27 heavy (non-hydrogen) atoms. The molecule has 1 fully saturated rings. The van der Waals surface area contributed by atoms with Crippen molar-refractivity contribution in [2.45, 2.75) is 51.5 Å². The van der Waals surface area contributed by atoms with Crippen molar-refractivity contribution in [3.8, 4) is 5.75 Å². The Kier molecular flexibility index (Phi) is 4.50. The topological polar surface area (TPSA) is 55.5 Å². The third kappa shape index (κ3) is 3.36. The van der Waals surface area contributed by atoms with Crippen molar-refractivity contribution >= 4 is 11.5 Å². The van der Waals surface area contributed by atoms with Gasteiger partial charge in [0.15, 0.2) is 11.5 Å². The molecule has 1 unspecified atom stereocenters. The van der Waals surface area contributed by atoms with Crippen LogP contribution in [0.1, 0.15) is 45.0 Å². The summed E-state index contributed by atoms with van der Waals surface area (Å²) >= 11 is 0. The van der Waals surface area contributed by atoms with E-state index in [0.717, 1.165) is 42.4 Å². The Morgan fingerprint density at radius 2 is 1.93 bits per heavy atom. The molecule has 0 bridgehead atoms. The number of ether oxygens (including phenoxy) is 1. The van der Waals surface area contributed by atoms with Crippen molar-refractivity contribution in [3.63, 3.8) is 0 Å². The van der Waals surface area contributed by atoms with Crippen LogP contribution >= 0.6 is 0 Å². The first-order valence-corrected chi connectivity index (χ1v) is 9.59. The standard InChI is InChI=1S/C21H27N5O/c1-21(2,3)20-23-22-18-11-12-19(24-26(18)20)25-13-7-9-16(25)14-15-8-5-6-10-17(15)27-4/h5-6,8,10-12,16H,7,9,13-14H2,1-4H3. The molecule has 0 radical (unpaired) electrons. The van der Waals surface area contributed by atoms with Crippen molar-refractivity contribution in [3.05, 3.63) is 47.8 Å². The summed E-state index contributed by atoms with van der Waals surface area (Å²) < 4.78 is 7.44. The number of benzene rings is 1. The number of anilines is 1. The van der Waals surface area contributed by atoms with E-state index in [4.69, 9.17) is 9.84 Å². The Labute approximate surface area is 160 Å². The summed E-state index contributed by atoms with van der Waals surface area (Å²) in [5.74, 6) is 2.84. The van der Waals surface area contributed by atoms with Crippen molar-refractivity contribution in [2.24, 2.45) is 0 Å². The molecule has 3 aromatic rings. The average molecular weight is 365 g/mol. The molecule has 0 N–H and O–H groups in total. The molecule has 0 amide bonds. The minimum Gasteiger partial charge on any atom is -0.496 e. The highest BCUT2D eigenvalue weighted by Gasteiger charge is 2.28. The zero-order valence-electron chi connectivity index (χ0n) is 16.5. The number of fused-ring (bicyclic) bond motifs is 1. The molecule has 1 aliphatic rings. The minimum atomic E-state index is -0.104. The lowest BCUT2D eigenvalue weighted by atomic mass is 9.96.